The predicted octanol–water partition coefficient (Wildman–Crippen LogP) is 5.00. The summed E-state index contributed by atoms with van der Waals surface area (Å²) in [5.74, 6) is 0.810. The molecule has 1 unspecified atom stereocenters. The summed E-state index contributed by atoms with van der Waals surface area (Å²) in [5, 5.41) is 13.5. The Kier molecular flexibility index (Phi) is 9.59. The molecule has 1 radical (unpaired) electrons. The first-order valence-corrected chi connectivity index (χ1v) is 17.3. The molecule has 0 aliphatic carbocycles. The molecule has 1 atom stereocenters. The molecule has 1 aliphatic rings. The number of benzene rings is 1. The zero-order chi connectivity index (χ0) is 31.4. The second kappa shape index (κ2) is 12.8. The molecule has 2 aromatic heterocycles. The summed E-state index contributed by atoms with van der Waals surface area (Å²) in [7, 11) is 3.31. The van der Waals surface area contributed by atoms with E-state index in [4.69, 9.17) is 14.1 Å². The predicted molar refractivity (Wildman–Crippen MR) is 174 cm³/mol. The molecular weight excluding hydrogens is 557 g/mol. The largest absolute Gasteiger partial charge is 0.480 e. The third-order valence-electron chi connectivity index (χ3n) is 8.45. The van der Waals surface area contributed by atoms with Gasteiger partial charge in [0.05, 0.1) is 18.4 Å². The highest BCUT2D eigenvalue weighted by atomic mass is 28.4. The standard InChI is InChI=1S/C31H41BN7O3Si/c1-30(2,3)43(7,8)42-15-14-38(5)19-31(4)20-39(32-21-40)27-23(18-33)16-22(17-24(27)31)25-11-13-35-29(36-25)37-26-10-9-12-34-28(26)41-6/h9-13,16-17,21H,14-15,19-20H2,1-8H3,(H,35,36,37). The van der Waals surface area contributed by atoms with Crippen LogP contribution in [0, 0.1) is 11.3 Å². The molecule has 43 heavy (non-hydrogen) atoms. The van der Waals surface area contributed by atoms with E-state index in [1.807, 2.05) is 23.0 Å². The van der Waals surface area contributed by atoms with Gasteiger partial charge in [-0.05, 0) is 61.1 Å². The van der Waals surface area contributed by atoms with E-state index in [1.54, 1.807) is 25.6 Å². The Morgan fingerprint density at radius 1 is 1.26 bits per heavy atom. The first kappa shape index (κ1) is 32.1. The molecule has 1 aliphatic heterocycles. The summed E-state index contributed by atoms with van der Waals surface area (Å²) in [6.07, 6.45) is 4.10. The lowest BCUT2D eigenvalue weighted by Crippen LogP contribution is -2.45. The molecule has 0 amide bonds. The number of carbonyl (C=O) groups is 1. The number of aromatic nitrogens is 3. The van der Waals surface area contributed by atoms with Crippen LogP contribution in [0.3, 0.4) is 0 Å². The first-order valence-electron chi connectivity index (χ1n) is 14.4. The minimum absolute atomic E-state index is 0.150. The zero-order valence-corrected chi connectivity index (χ0v) is 27.4. The molecule has 12 heteroatoms. The molecule has 4 rings (SSSR count). The van der Waals surface area contributed by atoms with Crippen LogP contribution >= 0.6 is 0 Å². The van der Waals surface area contributed by atoms with Gasteiger partial charge in [-0.3, -0.25) is 0 Å². The van der Waals surface area contributed by atoms with E-state index in [0.717, 1.165) is 36.1 Å². The van der Waals surface area contributed by atoms with Gasteiger partial charge in [0.1, 0.15) is 17.9 Å². The Morgan fingerprint density at radius 2 is 2.02 bits per heavy atom. The summed E-state index contributed by atoms with van der Waals surface area (Å²) < 4.78 is 11.8. The summed E-state index contributed by atoms with van der Waals surface area (Å²) >= 11 is 0. The lowest BCUT2D eigenvalue weighted by atomic mass is 9.82. The number of methoxy groups -OCH3 is 1. The van der Waals surface area contributed by atoms with E-state index in [0.29, 0.717) is 41.9 Å². The number of anilines is 3. The highest BCUT2D eigenvalue weighted by Crippen LogP contribution is 2.45. The Labute approximate surface area is 256 Å². The number of pyridine rings is 1. The normalized spacial score (nSPS) is 16.5. The summed E-state index contributed by atoms with van der Waals surface area (Å²) in [4.78, 5) is 29.1. The van der Waals surface area contributed by atoms with Crippen molar-refractivity contribution in [1.29, 1.82) is 5.26 Å². The number of nitrogens with one attached hydrogen (secondary N) is 1. The monoisotopic (exact) mass is 598 g/mol. The zero-order valence-electron chi connectivity index (χ0n) is 26.4. The van der Waals surface area contributed by atoms with E-state index in [2.05, 4.69) is 80.2 Å². The molecule has 10 nitrogen and oxygen atoms in total. The minimum Gasteiger partial charge on any atom is -0.480 e. The topological polar surface area (TPSA) is 116 Å². The Hall–Kier alpha value is -3.79. The fourth-order valence-corrected chi connectivity index (χ4v) is 6.24. The highest BCUT2D eigenvalue weighted by Gasteiger charge is 2.42. The number of carbonyl (C=O) groups excluding carboxylic acids is 1. The van der Waals surface area contributed by atoms with Crippen molar-refractivity contribution in [2.45, 2.75) is 51.2 Å². The number of hydrogen-bond acceptors (Lipinski definition) is 10. The van der Waals surface area contributed by atoms with E-state index >= 15 is 0 Å². The molecule has 3 heterocycles. The van der Waals surface area contributed by atoms with Crippen molar-refractivity contribution in [3.63, 3.8) is 0 Å². The van der Waals surface area contributed by atoms with E-state index in [9.17, 15) is 10.1 Å². The minimum atomic E-state index is -1.85. The van der Waals surface area contributed by atoms with Gasteiger partial charge in [-0.15, -0.1) is 0 Å². The van der Waals surface area contributed by atoms with Crippen LogP contribution in [0.15, 0.2) is 42.7 Å². The Bertz CT molecular complexity index is 1510. The number of fused-ring (bicyclic) bond motifs is 1. The van der Waals surface area contributed by atoms with Crippen molar-refractivity contribution in [1.82, 2.24) is 19.9 Å². The van der Waals surface area contributed by atoms with Crippen LogP contribution < -0.4 is 14.9 Å². The van der Waals surface area contributed by atoms with Gasteiger partial charge in [0, 0.05) is 55.3 Å². The van der Waals surface area contributed by atoms with Crippen molar-refractivity contribution in [3.8, 4) is 23.2 Å². The maximum absolute atomic E-state index is 11.6. The third-order valence-corrected chi connectivity index (χ3v) is 13.0. The highest BCUT2D eigenvalue weighted by molar-refractivity contribution is 6.74. The van der Waals surface area contributed by atoms with Gasteiger partial charge in [-0.1, -0.05) is 27.7 Å². The van der Waals surface area contributed by atoms with Crippen LogP contribution in [-0.4, -0.2) is 82.2 Å². The number of nitrogens with zero attached hydrogens (tertiary/aromatic N) is 6. The van der Waals surface area contributed by atoms with Gasteiger partial charge in [-0.25, -0.2) is 15.0 Å². The van der Waals surface area contributed by atoms with Gasteiger partial charge in [0.2, 0.25) is 11.8 Å². The molecule has 0 bridgehead atoms. The van der Waals surface area contributed by atoms with Crippen LogP contribution in [0.1, 0.15) is 38.8 Å². The molecule has 0 saturated carbocycles. The fraction of sp³-hybridized carbons (Fsp3) is 0.452. The first-order chi connectivity index (χ1) is 20.3. The van der Waals surface area contributed by atoms with Crippen LogP contribution in [0.4, 0.5) is 17.3 Å². The smallest absolute Gasteiger partial charge is 0.329 e. The molecule has 0 spiro atoms. The lowest BCUT2D eigenvalue weighted by molar-refractivity contribution is 0.199. The van der Waals surface area contributed by atoms with Crippen molar-refractivity contribution < 1.29 is 14.0 Å². The van der Waals surface area contributed by atoms with Gasteiger partial charge < -0.3 is 29.0 Å². The molecule has 0 fully saturated rings. The maximum atomic E-state index is 11.6. The van der Waals surface area contributed by atoms with Gasteiger partial charge in [0.15, 0.2) is 8.32 Å². The van der Waals surface area contributed by atoms with Crippen LogP contribution in [-0.2, 0) is 14.6 Å². The second-order valence-corrected chi connectivity index (χ2v) is 17.6. The van der Waals surface area contributed by atoms with Crippen LogP contribution in [0.25, 0.3) is 11.3 Å². The molecule has 1 N–H and O–H groups in total. The van der Waals surface area contributed by atoms with Crippen molar-refractivity contribution in [2.75, 3.05) is 50.5 Å². The lowest BCUT2D eigenvalue weighted by Gasteiger charge is -2.37. The van der Waals surface area contributed by atoms with Gasteiger partial charge in [-0.2, -0.15) is 5.26 Å². The Morgan fingerprint density at radius 3 is 2.70 bits per heavy atom. The van der Waals surface area contributed by atoms with Gasteiger partial charge >= 0.3 is 7.41 Å². The number of nitriles is 1. The number of hydrogen-bond donors (Lipinski definition) is 1. The maximum Gasteiger partial charge on any atom is 0.329 e. The summed E-state index contributed by atoms with van der Waals surface area (Å²) in [6.45, 7) is 16.2. The third kappa shape index (κ3) is 7.07. The van der Waals surface area contributed by atoms with Crippen LogP contribution in [0.2, 0.25) is 18.1 Å². The molecule has 1 aromatic carbocycles. The average Bonchev–Trinajstić information content (AvgIpc) is 3.23. The van der Waals surface area contributed by atoms with Crippen LogP contribution in [0.5, 0.6) is 5.88 Å². The van der Waals surface area contributed by atoms with Gasteiger partial charge in [0.25, 0.3) is 0 Å². The second-order valence-electron chi connectivity index (χ2n) is 12.8. The molecule has 225 valence electrons. The quantitative estimate of drug-likeness (QED) is 0.225. The molecular formula is C31H41BN7O3Si. The van der Waals surface area contributed by atoms with E-state index in [-0.39, 0.29) is 10.5 Å². The van der Waals surface area contributed by atoms with Crippen molar-refractivity contribution >= 4 is 39.2 Å². The number of rotatable bonds is 12. The van der Waals surface area contributed by atoms with E-state index in [1.165, 1.54) is 7.41 Å². The SMILES string of the molecule is COc1ncccc1Nc1nccc(-c2cc(C#N)c3c(c2)C(C)(CN(C)CCO[Si](C)(C)C(C)(C)C)CN3[B]C=O)n1. The summed E-state index contributed by atoms with van der Waals surface area (Å²) in [6, 6.07) is 11.7. The fourth-order valence-electron chi connectivity index (χ4n) is 5.21. The summed E-state index contributed by atoms with van der Waals surface area (Å²) in [5.41, 5.74) is 3.98. The number of ether oxygens (including phenoxy) is 1. The Balaban J connectivity index is 1.64. The molecule has 3 aromatic rings. The van der Waals surface area contributed by atoms with Crippen molar-refractivity contribution in [3.05, 3.63) is 53.9 Å². The van der Waals surface area contributed by atoms with E-state index < -0.39 is 8.32 Å². The molecule has 0 saturated heterocycles. The van der Waals surface area contributed by atoms with Crippen molar-refractivity contribution in [2.24, 2.45) is 0 Å². The number of likely N-dealkylation sites (N-methyl/N-ethyl adjacent to an activating group) is 1. The average molecular weight is 599 g/mol.